The van der Waals surface area contributed by atoms with E-state index >= 15 is 0 Å². The van der Waals surface area contributed by atoms with Gasteiger partial charge < -0.3 is 10.2 Å². The summed E-state index contributed by atoms with van der Waals surface area (Å²) in [6.07, 6.45) is 8.73. The molecular weight excluding hydrogens is 254 g/mol. The van der Waals surface area contributed by atoms with Crippen molar-refractivity contribution < 1.29 is 15.0 Å². The quantitative estimate of drug-likeness (QED) is 0.832. The molecule has 0 aromatic rings. The number of aliphatic carboxylic acids is 1. The van der Waals surface area contributed by atoms with E-state index in [-0.39, 0.29) is 5.92 Å². The molecule has 1 aliphatic carbocycles. The van der Waals surface area contributed by atoms with Gasteiger partial charge in [-0.2, -0.15) is 0 Å². The SMILES string of the molecule is CCC1CCCCCN1CC1(O)CCC(C(=O)O)CC1. The maximum Gasteiger partial charge on any atom is 0.306 e. The zero-order valence-electron chi connectivity index (χ0n) is 12.7. The number of nitrogens with zero attached hydrogens (tertiary/aromatic N) is 1. The molecule has 4 heteroatoms. The van der Waals surface area contributed by atoms with Crippen LogP contribution in [-0.2, 0) is 4.79 Å². The molecule has 4 nitrogen and oxygen atoms in total. The lowest BCUT2D eigenvalue weighted by molar-refractivity contribution is -0.145. The van der Waals surface area contributed by atoms with Gasteiger partial charge in [0.2, 0.25) is 0 Å². The van der Waals surface area contributed by atoms with Crippen LogP contribution < -0.4 is 0 Å². The Kier molecular flexibility index (Phi) is 5.44. The third-order valence-electron chi connectivity index (χ3n) is 5.23. The smallest absolute Gasteiger partial charge is 0.306 e. The summed E-state index contributed by atoms with van der Waals surface area (Å²) < 4.78 is 0. The number of carboxylic acid groups (broad SMARTS) is 1. The van der Waals surface area contributed by atoms with Crippen LogP contribution in [0.25, 0.3) is 0 Å². The highest BCUT2D eigenvalue weighted by Gasteiger charge is 2.38. The lowest BCUT2D eigenvalue weighted by Crippen LogP contribution is -2.49. The van der Waals surface area contributed by atoms with E-state index in [1.807, 2.05) is 0 Å². The van der Waals surface area contributed by atoms with E-state index in [2.05, 4.69) is 11.8 Å². The Bertz CT molecular complexity index is 324. The van der Waals surface area contributed by atoms with E-state index in [0.717, 1.165) is 19.5 Å². The second-order valence-electron chi connectivity index (χ2n) is 6.72. The molecule has 1 saturated carbocycles. The fourth-order valence-electron chi connectivity index (χ4n) is 3.85. The van der Waals surface area contributed by atoms with Crippen molar-refractivity contribution in [2.24, 2.45) is 5.92 Å². The average molecular weight is 283 g/mol. The summed E-state index contributed by atoms with van der Waals surface area (Å²) in [4.78, 5) is 13.5. The molecule has 0 amide bonds. The summed E-state index contributed by atoms with van der Waals surface area (Å²) in [5.74, 6) is -0.949. The molecular formula is C16H29NO3. The van der Waals surface area contributed by atoms with Gasteiger partial charge in [0.25, 0.3) is 0 Å². The van der Waals surface area contributed by atoms with Gasteiger partial charge in [0.05, 0.1) is 11.5 Å². The summed E-state index contributed by atoms with van der Waals surface area (Å²) in [7, 11) is 0. The van der Waals surface area contributed by atoms with Crippen molar-refractivity contribution in [3.05, 3.63) is 0 Å². The molecule has 1 saturated heterocycles. The number of hydrogen-bond acceptors (Lipinski definition) is 3. The fraction of sp³-hybridized carbons (Fsp3) is 0.938. The largest absolute Gasteiger partial charge is 0.481 e. The molecule has 0 bridgehead atoms. The van der Waals surface area contributed by atoms with Crippen LogP contribution in [0.15, 0.2) is 0 Å². The first-order valence-electron chi connectivity index (χ1n) is 8.23. The minimum atomic E-state index is -0.701. The van der Waals surface area contributed by atoms with Crippen molar-refractivity contribution in [1.82, 2.24) is 4.90 Å². The van der Waals surface area contributed by atoms with Gasteiger partial charge in [-0.3, -0.25) is 9.69 Å². The van der Waals surface area contributed by atoms with E-state index in [9.17, 15) is 9.90 Å². The molecule has 2 N–H and O–H groups in total. The van der Waals surface area contributed by atoms with E-state index in [0.29, 0.717) is 31.7 Å². The summed E-state index contributed by atoms with van der Waals surface area (Å²) in [6, 6.07) is 0.596. The fourth-order valence-corrected chi connectivity index (χ4v) is 3.85. The summed E-state index contributed by atoms with van der Waals surface area (Å²) in [5, 5.41) is 19.8. The second-order valence-corrected chi connectivity index (χ2v) is 6.72. The standard InChI is InChI=1S/C16H29NO3/c1-2-14-6-4-3-5-11-17(14)12-16(20)9-7-13(8-10-16)15(18)19/h13-14,20H,2-12H2,1H3,(H,18,19). The third kappa shape index (κ3) is 3.95. The molecule has 1 atom stereocenters. The Morgan fingerprint density at radius 3 is 2.50 bits per heavy atom. The van der Waals surface area contributed by atoms with Gasteiger partial charge in [0, 0.05) is 12.6 Å². The maximum atomic E-state index is 11.0. The average Bonchev–Trinajstić information content (AvgIpc) is 2.63. The summed E-state index contributed by atoms with van der Waals surface area (Å²) in [5.41, 5.74) is -0.663. The minimum Gasteiger partial charge on any atom is -0.481 e. The van der Waals surface area contributed by atoms with Crippen LogP contribution in [0.1, 0.15) is 64.7 Å². The van der Waals surface area contributed by atoms with E-state index in [1.54, 1.807) is 0 Å². The van der Waals surface area contributed by atoms with Crippen molar-refractivity contribution in [3.63, 3.8) is 0 Å². The van der Waals surface area contributed by atoms with E-state index in [1.165, 1.54) is 25.7 Å². The molecule has 0 aromatic carbocycles. The first-order valence-corrected chi connectivity index (χ1v) is 8.23. The zero-order valence-corrected chi connectivity index (χ0v) is 12.7. The van der Waals surface area contributed by atoms with Gasteiger partial charge in [-0.1, -0.05) is 19.8 Å². The van der Waals surface area contributed by atoms with Gasteiger partial charge in [-0.25, -0.2) is 0 Å². The Hall–Kier alpha value is -0.610. The minimum absolute atomic E-state index is 0.249. The van der Waals surface area contributed by atoms with Crippen molar-refractivity contribution in [2.75, 3.05) is 13.1 Å². The first-order chi connectivity index (χ1) is 9.54. The van der Waals surface area contributed by atoms with Gasteiger partial charge >= 0.3 is 5.97 Å². The highest BCUT2D eigenvalue weighted by Crippen LogP contribution is 2.34. The molecule has 1 unspecified atom stereocenters. The molecule has 0 aromatic heterocycles. The van der Waals surface area contributed by atoms with Crippen LogP contribution in [0.4, 0.5) is 0 Å². The maximum absolute atomic E-state index is 11.0. The van der Waals surface area contributed by atoms with E-state index < -0.39 is 11.6 Å². The first kappa shape index (κ1) is 15.8. The molecule has 2 fully saturated rings. The topological polar surface area (TPSA) is 60.8 Å². The third-order valence-corrected chi connectivity index (χ3v) is 5.23. The number of aliphatic hydroxyl groups is 1. The second kappa shape index (κ2) is 6.90. The monoisotopic (exact) mass is 283 g/mol. The number of rotatable bonds is 4. The molecule has 2 rings (SSSR count). The van der Waals surface area contributed by atoms with Gasteiger partial charge in [-0.15, -0.1) is 0 Å². The van der Waals surface area contributed by atoms with Crippen LogP contribution in [-0.4, -0.2) is 45.8 Å². The number of likely N-dealkylation sites (tertiary alicyclic amines) is 1. The Morgan fingerprint density at radius 1 is 1.20 bits per heavy atom. The summed E-state index contributed by atoms with van der Waals surface area (Å²) >= 11 is 0. The molecule has 20 heavy (non-hydrogen) atoms. The van der Waals surface area contributed by atoms with Crippen LogP contribution >= 0.6 is 0 Å². The van der Waals surface area contributed by atoms with Crippen molar-refractivity contribution in [1.29, 1.82) is 0 Å². The predicted octanol–water partition coefficient (Wildman–Crippen LogP) is 2.65. The lowest BCUT2D eigenvalue weighted by Gasteiger charge is -2.41. The van der Waals surface area contributed by atoms with Crippen LogP contribution in [0, 0.1) is 5.92 Å². The van der Waals surface area contributed by atoms with Crippen molar-refractivity contribution in [3.8, 4) is 0 Å². The molecule has 116 valence electrons. The number of β-amino-alcohol motifs (C(OH)–C–C–N with tert-alkyl or cyclic N) is 1. The molecule has 0 spiro atoms. The van der Waals surface area contributed by atoms with Crippen LogP contribution in [0.3, 0.4) is 0 Å². The number of carboxylic acids is 1. The predicted molar refractivity (Wildman–Crippen MR) is 78.7 cm³/mol. The Labute approximate surface area is 122 Å². The van der Waals surface area contributed by atoms with Crippen LogP contribution in [0.2, 0.25) is 0 Å². The van der Waals surface area contributed by atoms with Crippen molar-refractivity contribution >= 4 is 5.97 Å². The van der Waals surface area contributed by atoms with Gasteiger partial charge in [0.1, 0.15) is 0 Å². The Balaban J connectivity index is 1.92. The molecule has 1 heterocycles. The van der Waals surface area contributed by atoms with Gasteiger partial charge in [0.15, 0.2) is 0 Å². The number of carbonyl (C=O) groups is 1. The zero-order chi connectivity index (χ0) is 14.6. The highest BCUT2D eigenvalue weighted by molar-refractivity contribution is 5.70. The summed E-state index contributed by atoms with van der Waals surface area (Å²) in [6.45, 7) is 4.05. The molecule has 0 radical (unpaired) electrons. The van der Waals surface area contributed by atoms with E-state index in [4.69, 9.17) is 5.11 Å². The van der Waals surface area contributed by atoms with Gasteiger partial charge in [-0.05, 0) is 51.5 Å². The highest BCUT2D eigenvalue weighted by atomic mass is 16.4. The van der Waals surface area contributed by atoms with Crippen LogP contribution in [0.5, 0.6) is 0 Å². The normalized spacial score (nSPS) is 36.5. The Morgan fingerprint density at radius 2 is 1.90 bits per heavy atom. The molecule has 2 aliphatic rings. The van der Waals surface area contributed by atoms with Crippen molar-refractivity contribution in [2.45, 2.75) is 76.4 Å². The molecule has 1 aliphatic heterocycles. The lowest BCUT2D eigenvalue weighted by atomic mass is 9.78. The number of hydrogen-bond donors (Lipinski definition) is 2.